The van der Waals surface area contributed by atoms with Gasteiger partial charge in [0.15, 0.2) is 6.73 Å². The minimum Gasteiger partial charge on any atom is -0.439 e. The molecule has 12 heteroatoms. The normalized spacial score (nSPS) is 11.3. The molecule has 0 radical (unpaired) electrons. The third-order valence-corrected chi connectivity index (χ3v) is 6.89. The van der Waals surface area contributed by atoms with Crippen LogP contribution in [0.4, 0.5) is 5.69 Å². The van der Waals surface area contributed by atoms with Gasteiger partial charge in [-0.1, -0.05) is 44.9 Å². The summed E-state index contributed by atoms with van der Waals surface area (Å²) in [6.45, 7) is -0.503. The number of fused-ring (bicyclic) bond motifs is 1. The summed E-state index contributed by atoms with van der Waals surface area (Å²) in [6, 6.07) is 16.8. The molecule has 0 aliphatic carbocycles. The van der Waals surface area contributed by atoms with Gasteiger partial charge in [0, 0.05) is 10.2 Å². The maximum atomic E-state index is 12.8. The highest BCUT2D eigenvalue weighted by Crippen LogP contribution is 2.26. The van der Waals surface area contributed by atoms with Crippen molar-refractivity contribution in [3.63, 3.8) is 0 Å². The topological polar surface area (TPSA) is 120 Å². The van der Waals surface area contributed by atoms with Crippen LogP contribution in [0.25, 0.3) is 10.9 Å². The maximum Gasteiger partial charge on any atom is 0.339 e. The fraction of sp³-hybridized carbons (Fsp3) is 0.0476. The van der Waals surface area contributed by atoms with Crippen molar-refractivity contribution < 1.29 is 17.9 Å². The van der Waals surface area contributed by atoms with Gasteiger partial charge in [-0.15, -0.1) is 5.10 Å². The number of carbonyl (C=O) groups excluding carboxylic acids is 1. The molecule has 0 fully saturated rings. The summed E-state index contributed by atoms with van der Waals surface area (Å²) in [4.78, 5) is 24.7. The molecule has 9 nitrogen and oxygen atoms in total. The number of aromatic nitrogens is 3. The number of sulfonamides is 1. The number of hydrogen-bond donors (Lipinski definition) is 1. The Hall–Kier alpha value is -3.28. The molecule has 0 aliphatic heterocycles. The third-order valence-electron chi connectivity index (χ3n) is 4.50. The van der Waals surface area contributed by atoms with E-state index in [0.29, 0.717) is 16.6 Å². The predicted molar refractivity (Wildman–Crippen MR) is 126 cm³/mol. The summed E-state index contributed by atoms with van der Waals surface area (Å²) in [7, 11) is -4.09. The fourth-order valence-corrected chi connectivity index (χ4v) is 4.73. The van der Waals surface area contributed by atoms with Crippen LogP contribution in [0.1, 0.15) is 10.4 Å². The predicted octanol–water partition coefficient (Wildman–Crippen LogP) is 3.82. The molecule has 0 spiro atoms. The number of carbonyl (C=O) groups is 1. The second kappa shape index (κ2) is 9.30. The van der Waals surface area contributed by atoms with Crippen LogP contribution in [0.3, 0.4) is 0 Å². The zero-order valence-corrected chi connectivity index (χ0v) is 19.8. The molecule has 0 bridgehead atoms. The Balaban J connectivity index is 1.54. The van der Waals surface area contributed by atoms with Crippen molar-refractivity contribution >= 4 is 60.1 Å². The van der Waals surface area contributed by atoms with Crippen LogP contribution in [0.5, 0.6) is 0 Å². The van der Waals surface area contributed by atoms with Gasteiger partial charge in [-0.25, -0.2) is 13.2 Å². The van der Waals surface area contributed by atoms with E-state index in [1.807, 2.05) is 0 Å². The van der Waals surface area contributed by atoms with E-state index in [2.05, 4.69) is 31.0 Å². The van der Waals surface area contributed by atoms with Crippen molar-refractivity contribution in [2.24, 2.45) is 0 Å². The smallest absolute Gasteiger partial charge is 0.339 e. The monoisotopic (exact) mass is 548 g/mol. The summed E-state index contributed by atoms with van der Waals surface area (Å²) < 4.78 is 34.8. The molecule has 1 N–H and O–H groups in total. The molecule has 1 heterocycles. The first-order valence-electron chi connectivity index (χ1n) is 9.32. The number of nitrogens with one attached hydrogen (secondary N) is 1. The van der Waals surface area contributed by atoms with Crippen molar-refractivity contribution in [1.29, 1.82) is 0 Å². The second-order valence-corrected chi connectivity index (χ2v) is 9.70. The van der Waals surface area contributed by atoms with E-state index in [-0.39, 0.29) is 15.5 Å². The first-order valence-corrected chi connectivity index (χ1v) is 12.0. The lowest BCUT2D eigenvalue weighted by atomic mass is 10.2. The number of nitrogens with zero attached hydrogens (tertiary/aromatic N) is 3. The standard InChI is InChI=1S/C21H14BrClN4O5S/c22-14-6-8-15(9-7-14)25-33(30,31)19-11-13(5-10-17(19)23)21(29)32-12-27-20(28)16-3-1-2-4-18(16)24-26-27/h1-11,25H,12H2. The Morgan fingerprint density at radius 2 is 1.82 bits per heavy atom. The summed E-state index contributed by atoms with van der Waals surface area (Å²) in [5, 5.41) is 7.90. The van der Waals surface area contributed by atoms with Gasteiger partial charge in [-0.3, -0.25) is 9.52 Å². The number of anilines is 1. The average molecular weight is 550 g/mol. The Kier molecular flexibility index (Phi) is 6.45. The van der Waals surface area contributed by atoms with Gasteiger partial charge in [0.2, 0.25) is 0 Å². The minimum absolute atomic E-state index is 0.0719. The Morgan fingerprint density at radius 1 is 1.09 bits per heavy atom. The average Bonchev–Trinajstić information content (AvgIpc) is 2.80. The van der Waals surface area contributed by atoms with E-state index < -0.39 is 28.3 Å². The van der Waals surface area contributed by atoms with Crippen molar-refractivity contribution in [1.82, 2.24) is 15.0 Å². The molecule has 4 rings (SSSR count). The van der Waals surface area contributed by atoms with Crippen LogP contribution in [-0.4, -0.2) is 29.4 Å². The molecule has 168 valence electrons. The molecular weight excluding hydrogens is 536 g/mol. The van der Waals surface area contributed by atoms with Gasteiger partial charge in [0.25, 0.3) is 15.6 Å². The number of benzene rings is 3. The number of halogens is 2. The van der Waals surface area contributed by atoms with Crippen LogP contribution in [0.2, 0.25) is 5.02 Å². The van der Waals surface area contributed by atoms with Crippen molar-refractivity contribution in [3.8, 4) is 0 Å². The lowest BCUT2D eigenvalue weighted by Gasteiger charge is -2.11. The lowest BCUT2D eigenvalue weighted by molar-refractivity contribution is 0.0336. The number of hydrogen-bond acceptors (Lipinski definition) is 7. The summed E-state index contributed by atoms with van der Waals surface area (Å²) in [6.07, 6.45) is 0. The Labute approximate surface area is 201 Å². The van der Waals surface area contributed by atoms with Crippen LogP contribution in [-0.2, 0) is 21.5 Å². The highest BCUT2D eigenvalue weighted by Gasteiger charge is 2.21. The molecule has 0 amide bonds. The van der Waals surface area contributed by atoms with E-state index in [0.717, 1.165) is 15.2 Å². The second-order valence-electron chi connectivity index (χ2n) is 6.73. The molecule has 1 aromatic heterocycles. The van der Waals surface area contributed by atoms with Gasteiger partial charge < -0.3 is 4.74 Å². The van der Waals surface area contributed by atoms with Crippen molar-refractivity contribution in [3.05, 3.63) is 92.1 Å². The van der Waals surface area contributed by atoms with Crippen molar-refractivity contribution in [2.75, 3.05) is 4.72 Å². The van der Waals surface area contributed by atoms with Gasteiger partial charge in [0.05, 0.1) is 16.0 Å². The number of rotatable bonds is 6. The van der Waals surface area contributed by atoms with Gasteiger partial charge in [0.1, 0.15) is 10.4 Å². The van der Waals surface area contributed by atoms with E-state index in [9.17, 15) is 18.0 Å². The van der Waals surface area contributed by atoms with E-state index >= 15 is 0 Å². The molecular formula is C21H14BrClN4O5S. The zero-order chi connectivity index (χ0) is 23.6. The molecule has 0 saturated heterocycles. The van der Waals surface area contributed by atoms with Crippen molar-refractivity contribution in [2.45, 2.75) is 11.6 Å². The third kappa shape index (κ3) is 5.05. The molecule has 0 atom stereocenters. The molecule has 0 aliphatic rings. The number of ether oxygens (including phenoxy) is 1. The highest BCUT2D eigenvalue weighted by molar-refractivity contribution is 9.10. The first kappa shape index (κ1) is 22.9. The molecule has 4 aromatic rings. The molecule has 0 saturated carbocycles. The zero-order valence-electron chi connectivity index (χ0n) is 16.6. The van der Waals surface area contributed by atoms with Gasteiger partial charge in [-0.05, 0) is 54.6 Å². The van der Waals surface area contributed by atoms with E-state index in [1.54, 1.807) is 48.5 Å². The van der Waals surface area contributed by atoms with E-state index in [4.69, 9.17) is 16.3 Å². The largest absolute Gasteiger partial charge is 0.439 e. The fourth-order valence-electron chi connectivity index (χ4n) is 2.88. The van der Waals surface area contributed by atoms with Crippen LogP contribution in [0.15, 0.2) is 80.9 Å². The summed E-state index contributed by atoms with van der Waals surface area (Å²) >= 11 is 9.36. The highest BCUT2D eigenvalue weighted by atomic mass is 79.9. The lowest BCUT2D eigenvalue weighted by Crippen LogP contribution is -2.26. The molecule has 3 aromatic carbocycles. The SMILES string of the molecule is O=C(OCn1nnc2ccccc2c1=O)c1ccc(Cl)c(S(=O)(=O)Nc2ccc(Br)cc2)c1. The maximum absolute atomic E-state index is 12.8. The first-order chi connectivity index (χ1) is 15.7. The van der Waals surface area contributed by atoms with Crippen LogP contribution < -0.4 is 10.3 Å². The quantitative estimate of drug-likeness (QED) is 0.363. The Bertz CT molecular complexity index is 1520. The summed E-state index contributed by atoms with van der Waals surface area (Å²) in [5.74, 6) is -0.867. The molecule has 0 unspecified atom stereocenters. The summed E-state index contributed by atoms with van der Waals surface area (Å²) in [5.41, 5.74) is 0.177. The minimum atomic E-state index is -4.09. The van der Waals surface area contributed by atoms with Gasteiger partial charge >= 0.3 is 5.97 Å². The van der Waals surface area contributed by atoms with Crippen LogP contribution in [0, 0.1) is 0 Å². The number of esters is 1. The van der Waals surface area contributed by atoms with E-state index in [1.165, 1.54) is 12.1 Å². The molecule has 33 heavy (non-hydrogen) atoms. The Morgan fingerprint density at radius 3 is 2.58 bits per heavy atom. The van der Waals surface area contributed by atoms with Crippen LogP contribution >= 0.6 is 27.5 Å². The van der Waals surface area contributed by atoms with Gasteiger partial charge in [-0.2, -0.15) is 4.68 Å².